The lowest BCUT2D eigenvalue weighted by molar-refractivity contribution is 0.256. The first-order chi connectivity index (χ1) is 9.93. The van der Waals surface area contributed by atoms with Gasteiger partial charge >= 0.3 is 0 Å². The average molecular weight is 284 g/mol. The van der Waals surface area contributed by atoms with Crippen molar-refractivity contribution in [1.82, 2.24) is 5.32 Å². The highest BCUT2D eigenvalue weighted by molar-refractivity contribution is 5.86. The zero-order valence-electron chi connectivity index (χ0n) is 13.4. The van der Waals surface area contributed by atoms with Crippen LogP contribution in [0.5, 0.6) is 5.75 Å². The van der Waals surface area contributed by atoms with E-state index in [1.807, 2.05) is 6.08 Å². The van der Waals surface area contributed by atoms with Crippen molar-refractivity contribution in [1.29, 1.82) is 0 Å². The van der Waals surface area contributed by atoms with Crippen LogP contribution >= 0.6 is 0 Å². The lowest BCUT2D eigenvalue weighted by Gasteiger charge is -2.27. The molecule has 0 bridgehead atoms. The molecule has 0 aromatic heterocycles. The number of nitrogens with one attached hydrogen (secondary N) is 1. The van der Waals surface area contributed by atoms with Crippen molar-refractivity contribution in [3.05, 3.63) is 47.7 Å². The van der Waals surface area contributed by atoms with Crippen molar-refractivity contribution < 1.29 is 4.74 Å². The van der Waals surface area contributed by atoms with E-state index < -0.39 is 0 Å². The van der Waals surface area contributed by atoms with Gasteiger partial charge in [0.05, 0.1) is 0 Å². The smallest absolute Gasteiger partial charge is 0.139 e. The van der Waals surface area contributed by atoms with Crippen LogP contribution < -0.4 is 10.1 Å². The first kappa shape index (κ1) is 15.5. The summed E-state index contributed by atoms with van der Waals surface area (Å²) < 4.78 is 5.83. The standard InChI is InChI=1S/C18H24N2O/c1-6-19-8-7-13(2)16-10-15(18(3,4)5)9-14-11-20-12-21-17(14)16/h6-10,20H,1,11-12H2,2-5H3/b13-7+,19-8?. The molecule has 112 valence electrons. The minimum absolute atomic E-state index is 0.108. The molecule has 0 saturated heterocycles. The molecule has 0 fully saturated rings. The molecule has 0 saturated carbocycles. The first-order valence-electron chi connectivity index (χ1n) is 7.25. The van der Waals surface area contributed by atoms with Crippen LogP contribution in [0.1, 0.15) is 44.4 Å². The molecule has 3 heteroatoms. The van der Waals surface area contributed by atoms with Gasteiger partial charge in [0.1, 0.15) is 12.5 Å². The van der Waals surface area contributed by atoms with Gasteiger partial charge in [0.25, 0.3) is 0 Å². The predicted octanol–water partition coefficient (Wildman–Crippen LogP) is 4.04. The van der Waals surface area contributed by atoms with Crippen LogP contribution in [0.2, 0.25) is 0 Å². The molecule has 1 aromatic carbocycles. The monoisotopic (exact) mass is 284 g/mol. The Morgan fingerprint density at radius 2 is 2.14 bits per heavy atom. The molecule has 0 amide bonds. The van der Waals surface area contributed by atoms with Gasteiger partial charge in [0.2, 0.25) is 0 Å². The van der Waals surface area contributed by atoms with Crippen molar-refractivity contribution in [2.75, 3.05) is 6.73 Å². The lowest BCUT2D eigenvalue weighted by atomic mass is 9.83. The van der Waals surface area contributed by atoms with Gasteiger partial charge in [-0.1, -0.05) is 33.4 Å². The fourth-order valence-corrected chi connectivity index (χ4v) is 2.33. The summed E-state index contributed by atoms with van der Waals surface area (Å²) in [6, 6.07) is 4.48. The van der Waals surface area contributed by atoms with Crippen LogP contribution in [-0.4, -0.2) is 12.9 Å². The van der Waals surface area contributed by atoms with Gasteiger partial charge in [-0.3, -0.25) is 10.3 Å². The van der Waals surface area contributed by atoms with Crippen molar-refractivity contribution >= 4 is 11.8 Å². The van der Waals surface area contributed by atoms with Crippen molar-refractivity contribution in [3.8, 4) is 5.75 Å². The van der Waals surface area contributed by atoms with E-state index in [4.69, 9.17) is 4.74 Å². The topological polar surface area (TPSA) is 33.6 Å². The lowest BCUT2D eigenvalue weighted by Crippen LogP contribution is -2.27. The van der Waals surface area contributed by atoms with Gasteiger partial charge in [-0.2, -0.15) is 0 Å². The molecule has 1 N–H and O–H groups in total. The number of nitrogens with zero attached hydrogens (tertiary/aromatic N) is 1. The number of hydrogen-bond acceptors (Lipinski definition) is 3. The molecule has 0 spiro atoms. The summed E-state index contributed by atoms with van der Waals surface area (Å²) in [4.78, 5) is 4.03. The molecule has 0 atom stereocenters. The number of ether oxygens (including phenoxy) is 1. The average Bonchev–Trinajstić information content (AvgIpc) is 2.45. The summed E-state index contributed by atoms with van der Waals surface area (Å²) in [5.74, 6) is 0.988. The highest BCUT2D eigenvalue weighted by Crippen LogP contribution is 2.36. The second kappa shape index (κ2) is 6.27. The number of allylic oxidation sites excluding steroid dienone is 2. The maximum atomic E-state index is 5.83. The summed E-state index contributed by atoms with van der Waals surface area (Å²) in [6.07, 6.45) is 5.29. The third-order valence-electron chi connectivity index (χ3n) is 3.61. The number of rotatable bonds is 3. The van der Waals surface area contributed by atoms with Crippen molar-refractivity contribution in [2.24, 2.45) is 4.99 Å². The Balaban J connectivity index is 2.54. The second-order valence-corrected chi connectivity index (χ2v) is 6.31. The number of benzene rings is 1. The molecule has 0 unspecified atom stereocenters. The van der Waals surface area contributed by atoms with E-state index in [0.29, 0.717) is 6.73 Å². The maximum Gasteiger partial charge on any atom is 0.139 e. The highest BCUT2D eigenvalue weighted by atomic mass is 16.5. The van der Waals surface area contributed by atoms with Gasteiger partial charge in [-0.15, -0.1) is 0 Å². The SMILES string of the molecule is C=CN=C/C=C(\C)c1cc(C(C)(C)C)cc2c1OCNC2. The molecule has 2 rings (SSSR count). The van der Waals surface area contributed by atoms with E-state index in [-0.39, 0.29) is 5.41 Å². The van der Waals surface area contributed by atoms with E-state index >= 15 is 0 Å². The summed E-state index contributed by atoms with van der Waals surface area (Å²) in [5, 5.41) is 3.26. The Hall–Kier alpha value is -1.87. The maximum absolute atomic E-state index is 5.83. The van der Waals surface area contributed by atoms with Gasteiger partial charge in [0.15, 0.2) is 0 Å². The Labute approximate surface area is 127 Å². The molecule has 3 nitrogen and oxygen atoms in total. The fraction of sp³-hybridized carbons (Fsp3) is 0.389. The molecule has 0 radical (unpaired) electrons. The Kier molecular flexibility index (Phi) is 4.63. The normalized spacial score (nSPS) is 15.7. The number of fused-ring (bicyclic) bond motifs is 1. The number of aliphatic imine (C=N–C) groups is 1. The van der Waals surface area contributed by atoms with E-state index in [9.17, 15) is 0 Å². The minimum Gasteiger partial charge on any atom is -0.477 e. The number of hydrogen-bond donors (Lipinski definition) is 1. The van der Waals surface area contributed by atoms with Gasteiger partial charge < -0.3 is 4.74 Å². The highest BCUT2D eigenvalue weighted by Gasteiger charge is 2.21. The first-order valence-corrected chi connectivity index (χ1v) is 7.25. The Bertz CT molecular complexity index is 592. The van der Waals surface area contributed by atoms with Crippen molar-refractivity contribution in [3.63, 3.8) is 0 Å². The van der Waals surface area contributed by atoms with Gasteiger partial charge in [-0.05, 0) is 35.6 Å². The second-order valence-electron chi connectivity index (χ2n) is 6.31. The van der Waals surface area contributed by atoms with Crippen LogP contribution in [0.25, 0.3) is 5.57 Å². The minimum atomic E-state index is 0.108. The van der Waals surface area contributed by atoms with Crippen LogP contribution in [0.15, 0.2) is 36.0 Å². The largest absolute Gasteiger partial charge is 0.477 e. The zero-order chi connectivity index (χ0) is 15.5. The quantitative estimate of drug-likeness (QED) is 0.850. The van der Waals surface area contributed by atoms with Crippen molar-refractivity contribution in [2.45, 2.75) is 39.7 Å². The molecule has 1 heterocycles. The van der Waals surface area contributed by atoms with Gasteiger partial charge in [0, 0.05) is 30.1 Å². The molecule has 21 heavy (non-hydrogen) atoms. The van der Waals surface area contributed by atoms with Crippen LogP contribution in [0.3, 0.4) is 0 Å². The molecular weight excluding hydrogens is 260 g/mol. The van der Waals surface area contributed by atoms with Crippen LogP contribution in [-0.2, 0) is 12.0 Å². The summed E-state index contributed by atoms with van der Waals surface area (Å²) in [5.41, 5.74) is 4.94. The molecule has 1 aliphatic heterocycles. The Morgan fingerprint density at radius 3 is 2.81 bits per heavy atom. The molecule has 1 aromatic rings. The molecule has 1 aliphatic rings. The van der Waals surface area contributed by atoms with E-state index in [1.165, 1.54) is 17.3 Å². The summed E-state index contributed by atoms with van der Waals surface area (Å²) >= 11 is 0. The van der Waals surface area contributed by atoms with Crippen LogP contribution in [0.4, 0.5) is 0 Å². The summed E-state index contributed by atoms with van der Waals surface area (Å²) in [7, 11) is 0. The van der Waals surface area contributed by atoms with E-state index in [2.05, 4.69) is 56.7 Å². The third kappa shape index (κ3) is 3.61. The molecular formula is C18H24N2O. The third-order valence-corrected chi connectivity index (χ3v) is 3.61. The van der Waals surface area contributed by atoms with E-state index in [1.54, 1.807) is 6.21 Å². The van der Waals surface area contributed by atoms with Crippen LogP contribution in [0, 0.1) is 0 Å². The van der Waals surface area contributed by atoms with E-state index in [0.717, 1.165) is 23.4 Å². The summed E-state index contributed by atoms with van der Waals surface area (Å²) in [6.45, 7) is 13.8. The molecule has 0 aliphatic carbocycles. The Morgan fingerprint density at radius 1 is 1.38 bits per heavy atom. The fourth-order valence-electron chi connectivity index (χ4n) is 2.33. The van der Waals surface area contributed by atoms with Gasteiger partial charge in [-0.25, -0.2) is 0 Å². The zero-order valence-corrected chi connectivity index (χ0v) is 13.4. The predicted molar refractivity (Wildman–Crippen MR) is 89.8 cm³/mol.